The van der Waals surface area contributed by atoms with Crippen LogP contribution in [0.2, 0.25) is 0 Å². The molecule has 19 heavy (non-hydrogen) atoms. The van der Waals surface area contributed by atoms with Crippen molar-refractivity contribution in [1.29, 1.82) is 0 Å². The van der Waals surface area contributed by atoms with Gasteiger partial charge < -0.3 is 9.84 Å². The Bertz CT molecular complexity index is 372. The second-order valence-electron chi connectivity index (χ2n) is 5.81. The van der Waals surface area contributed by atoms with E-state index in [1.54, 1.807) is 0 Å². The number of aryl methyl sites for hydroxylation is 1. The van der Waals surface area contributed by atoms with Crippen molar-refractivity contribution >= 4 is 0 Å². The zero-order valence-corrected chi connectivity index (χ0v) is 12.8. The number of hydrogen-bond acceptors (Lipinski definition) is 2. The van der Waals surface area contributed by atoms with Gasteiger partial charge in [-0.2, -0.15) is 0 Å². The van der Waals surface area contributed by atoms with Crippen LogP contribution in [0, 0.1) is 11.8 Å². The van der Waals surface area contributed by atoms with E-state index in [2.05, 4.69) is 39.8 Å². The highest BCUT2D eigenvalue weighted by Crippen LogP contribution is 2.24. The fourth-order valence-electron chi connectivity index (χ4n) is 2.62. The molecule has 0 saturated carbocycles. The molecule has 108 valence electrons. The summed E-state index contributed by atoms with van der Waals surface area (Å²) < 4.78 is 5.55. The van der Waals surface area contributed by atoms with Gasteiger partial charge in [0.15, 0.2) is 0 Å². The van der Waals surface area contributed by atoms with Crippen molar-refractivity contribution in [3.05, 3.63) is 29.3 Å². The van der Waals surface area contributed by atoms with E-state index in [1.165, 1.54) is 17.5 Å². The average Bonchev–Trinajstić information content (AvgIpc) is 2.36. The predicted molar refractivity (Wildman–Crippen MR) is 80.7 cm³/mol. The molecule has 1 atom stereocenters. The molecule has 0 aliphatic carbocycles. The summed E-state index contributed by atoms with van der Waals surface area (Å²) in [5.41, 5.74) is 2.63. The quantitative estimate of drug-likeness (QED) is 0.773. The smallest absolute Gasteiger partial charge is 0.122 e. The number of benzene rings is 1. The molecule has 1 aromatic carbocycles. The van der Waals surface area contributed by atoms with E-state index in [9.17, 15) is 0 Å². The van der Waals surface area contributed by atoms with Crippen LogP contribution >= 0.6 is 0 Å². The molecule has 0 spiro atoms. The first kappa shape index (κ1) is 16.0. The van der Waals surface area contributed by atoms with E-state index >= 15 is 0 Å². The fraction of sp³-hybridized carbons (Fsp3) is 0.647. The molecule has 0 radical (unpaired) electrons. The van der Waals surface area contributed by atoms with Gasteiger partial charge in [-0.15, -0.1) is 0 Å². The van der Waals surface area contributed by atoms with E-state index in [-0.39, 0.29) is 6.61 Å². The lowest BCUT2D eigenvalue weighted by molar-refractivity contribution is 0.200. The minimum atomic E-state index is 0.0658. The maximum absolute atomic E-state index is 8.82. The molecular weight excluding hydrogens is 236 g/mol. The maximum atomic E-state index is 8.82. The summed E-state index contributed by atoms with van der Waals surface area (Å²) in [7, 11) is 0. The van der Waals surface area contributed by atoms with Crippen molar-refractivity contribution in [3.8, 4) is 5.75 Å². The van der Waals surface area contributed by atoms with Crippen LogP contribution in [-0.2, 0) is 12.8 Å². The Labute approximate surface area is 117 Å². The summed E-state index contributed by atoms with van der Waals surface area (Å²) in [6.45, 7) is 9.45. The topological polar surface area (TPSA) is 29.5 Å². The number of hydrogen-bond donors (Lipinski definition) is 1. The summed E-state index contributed by atoms with van der Waals surface area (Å²) in [5.74, 6) is 2.39. The normalized spacial score (nSPS) is 12.7. The number of aliphatic hydroxyl groups excluding tert-OH is 1. The first-order valence-electron chi connectivity index (χ1n) is 7.42. The molecule has 1 aromatic rings. The van der Waals surface area contributed by atoms with Gasteiger partial charge in [0.2, 0.25) is 0 Å². The summed E-state index contributed by atoms with van der Waals surface area (Å²) >= 11 is 0. The van der Waals surface area contributed by atoms with Gasteiger partial charge in [-0.1, -0.05) is 39.8 Å². The fourth-order valence-corrected chi connectivity index (χ4v) is 2.62. The molecule has 0 aromatic heterocycles. The lowest BCUT2D eigenvalue weighted by atomic mass is 9.92. The first-order chi connectivity index (χ1) is 9.06. The van der Waals surface area contributed by atoms with Crippen LogP contribution in [0.5, 0.6) is 5.75 Å². The van der Waals surface area contributed by atoms with Gasteiger partial charge in [-0.25, -0.2) is 0 Å². The third-order valence-electron chi connectivity index (χ3n) is 3.31. The predicted octanol–water partition coefficient (Wildman–Crippen LogP) is 3.84. The molecule has 0 aliphatic rings. The Balaban J connectivity index is 2.70. The van der Waals surface area contributed by atoms with E-state index in [0.717, 1.165) is 24.5 Å². The largest absolute Gasteiger partial charge is 0.491 e. The second kappa shape index (κ2) is 8.21. The monoisotopic (exact) mass is 264 g/mol. The summed E-state index contributed by atoms with van der Waals surface area (Å²) in [5, 5.41) is 8.82. The third kappa shape index (κ3) is 5.65. The molecule has 2 heteroatoms. The standard InChI is InChI=1S/C17H28O2/c1-5-16-12-15(11-14(4)10-13(2)3)6-7-17(16)19-9-8-18/h6-7,12-14,18H,5,8-11H2,1-4H3. The van der Waals surface area contributed by atoms with E-state index in [0.29, 0.717) is 12.5 Å². The van der Waals surface area contributed by atoms with Crippen molar-refractivity contribution in [1.82, 2.24) is 0 Å². The molecule has 0 fully saturated rings. The number of ether oxygens (including phenoxy) is 1. The van der Waals surface area contributed by atoms with Gasteiger partial charge in [0.1, 0.15) is 12.4 Å². The van der Waals surface area contributed by atoms with Gasteiger partial charge in [0, 0.05) is 0 Å². The van der Waals surface area contributed by atoms with Gasteiger partial charge >= 0.3 is 0 Å². The molecule has 2 nitrogen and oxygen atoms in total. The average molecular weight is 264 g/mol. The highest BCUT2D eigenvalue weighted by Gasteiger charge is 2.09. The summed E-state index contributed by atoms with van der Waals surface area (Å²) in [6, 6.07) is 6.46. The lowest BCUT2D eigenvalue weighted by Crippen LogP contribution is -2.06. The van der Waals surface area contributed by atoms with E-state index in [4.69, 9.17) is 9.84 Å². The Morgan fingerprint density at radius 1 is 1.21 bits per heavy atom. The van der Waals surface area contributed by atoms with Crippen LogP contribution in [0.4, 0.5) is 0 Å². The third-order valence-corrected chi connectivity index (χ3v) is 3.31. The second-order valence-corrected chi connectivity index (χ2v) is 5.81. The van der Waals surface area contributed by atoms with Crippen LogP contribution < -0.4 is 4.74 Å². The van der Waals surface area contributed by atoms with E-state index in [1.807, 2.05) is 6.07 Å². The highest BCUT2D eigenvalue weighted by molar-refractivity contribution is 5.37. The molecule has 1 unspecified atom stereocenters. The zero-order chi connectivity index (χ0) is 14.3. The molecule has 0 amide bonds. The molecule has 0 bridgehead atoms. The molecule has 0 aliphatic heterocycles. The van der Waals surface area contributed by atoms with Crippen molar-refractivity contribution < 1.29 is 9.84 Å². The molecule has 0 heterocycles. The van der Waals surface area contributed by atoms with Gasteiger partial charge in [-0.3, -0.25) is 0 Å². The summed E-state index contributed by atoms with van der Waals surface area (Å²) in [4.78, 5) is 0. The van der Waals surface area contributed by atoms with Crippen molar-refractivity contribution in [3.63, 3.8) is 0 Å². The number of rotatable bonds is 8. The number of aliphatic hydroxyl groups is 1. The maximum Gasteiger partial charge on any atom is 0.122 e. The van der Waals surface area contributed by atoms with Gasteiger partial charge in [0.05, 0.1) is 6.61 Å². The Morgan fingerprint density at radius 2 is 1.95 bits per heavy atom. The van der Waals surface area contributed by atoms with Crippen molar-refractivity contribution in [2.24, 2.45) is 11.8 Å². The SMILES string of the molecule is CCc1cc(CC(C)CC(C)C)ccc1OCCO. The van der Waals surface area contributed by atoms with Crippen LogP contribution in [0.3, 0.4) is 0 Å². The molecule has 1 rings (SSSR count). The molecule has 0 saturated heterocycles. The Hall–Kier alpha value is -1.02. The summed E-state index contributed by atoms with van der Waals surface area (Å²) in [6.07, 6.45) is 3.36. The van der Waals surface area contributed by atoms with Gasteiger partial charge in [-0.05, 0) is 48.3 Å². The Morgan fingerprint density at radius 3 is 2.53 bits per heavy atom. The van der Waals surface area contributed by atoms with Crippen molar-refractivity contribution in [2.45, 2.75) is 47.0 Å². The Kier molecular flexibility index (Phi) is 6.93. The minimum absolute atomic E-state index is 0.0658. The van der Waals surface area contributed by atoms with Crippen LogP contribution in [0.25, 0.3) is 0 Å². The van der Waals surface area contributed by atoms with Crippen molar-refractivity contribution in [2.75, 3.05) is 13.2 Å². The first-order valence-corrected chi connectivity index (χ1v) is 7.42. The minimum Gasteiger partial charge on any atom is -0.491 e. The van der Waals surface area contributed by atoms with Crippen LogP contribution in [0.1, 0.15) is 45.2 Å². The highest BCUT2D eigenvalue weighted by atomic mass is 16.5. The van der Waals surface area contributed by atoms with Crippen LogP contribution in [-0.4, -0.2) is 18.3 Å². The van der Waals surface area contributed by atoms with Crippen LogP contribution in [0.15, 0.2) is 18.2 Å². The molecule has 1 N–H and O–H groups in total. The zero-order valence-electron chi connectivity index (χ0n) is 12.8. The van der Waals surface area contributed by atoms with Gasteiger partial charge in [0.25, 0.3) is 0 Å². The van der Waals surface area contributed by atoms with E-state index < -0.39 is 0 Å². The lowest BCUT2D eigenvalue weighted by Gasteiger charge is -2.16. The molecular formula is C17H28O2.